The molecule has 3 amide bonds. The summed E-state index contributed by atoms with van der Waals surface area (Å²) < 4.78 is 6.33. The molecule has 8 atom stereocenters. The maximum atomic E-state index is 13.9. The summed E-state index contributed by atoms with van der Waals surface area (Å²) in [4.78, 5) is 41.0. The number of allylic oxidation sites excluding steroid dienone is 1. The van der Waals surface area contributed by atoms with Crippen molar-refractivity contribution in [2.24, 2.45) is 52.1 Å². The Bertz CT molecular complexity index is 1340. The number of amides is 3. The van der Waals surface area contributed by atoms with Gasteiger partial charge in [-0.1, -0.05) is 150 Å². The van der Waals surface area contributed by atoms with Gasteiger partial charge in [-0.2, -0.15) is 0 Å². The molecule has 62 heavy (non-hydrogen) atoms. The summed E-state index contributed by atoms with van der Waals surface area (Å²) >= 11 is 0. The molecular formula is C54H98N4O4. The Morgan fingerprint density at radius 2 is 1.39 bits per heavy atom. The molecule has 0 spiro atoms. The largest absolute Gasteiger partial charge is 0.446 e. The van der Waals surface area contributed by atoms with Crippen LogP contribution in [0.2, 0.25) is 0 Å². The molecule has 0 unspecified atom stereocenters. The van der Waals surface area contributed by atoms with E-state index in [2.05, 4.69) is 58.3 Å². The van der Waals surface area contributed by atoms with Crippen molar-refractivity contribution in [3.8, 4) is 0 Å². The van der Waals surface area contributed by atoms with Crippen molar-refractivity contribution in [1.29, 1.82) is 0 Å². The smallest absolute Gasteiger partial charge is 0.410 e. The van der Waals surface area contributed by atoms with Crippen LogP contribution in [0.25, 0.3) is 0 Å². The van der Waals surface area contributed by atoms with Gasteiger partial charge in [0.1, 0.15) is 12.6 Å². The molecule has 0 radical (unpaired) electrons. The van der Waals surface area contributed by atoms with E-state index in [9.17, 15) is 14.4 Å². The Balaban J connectivity index is 1.22. The summed E-state index contributed by atoms with van der Waals surface area (Å²) in [6, 6.07) is 0. The van der Waals surface area contributed by atoms with Gasteiger partial charge >= 0.3 is 6.09 Å². The van der Waals surface area contributed by atoms with Crippen LogP contribution in [0.3, 0.4) is 0 Å². The summed E-state index contributed by atoms with van der Waals surface area (Å²) in [5.74, 6) is 4.90. The third-order valence-electron chi connectivity index (χ3n) is 16.8. The zero-order valence-electron chi connectivity index (χ0n) is 41.3. The van der Waals surface area contributed by atoms with E-state index in [1.807, 2.05) is 0 Å². The van der Waals surface area contributed by atoms with E-state index in [1.54, 1.807) is 4.90 Å². The van der Waals surface area contributed by atoms with Crippen LogP contribution in [-0.4, -0.2) is 61.6 Å². The fourth-order valence-electron chi connectivity index (χ4n) is 13.0. The lowest BCUT2D eigenvalue weighted by Gasteiger charge is -2.58. The third kappa shape index (κ3) is 16.4. The molecule has 0 aliphatic heterocycles. The zero-order valence-corrected chi connectivity index (χ0v) is 41.3. The van der Waals surface area contributed by atoms with Crippen molar-refractivity contribution >= 4 is 17.9 Å². The van der Waals surface area contributed by atoms with Crippen molar-refractivity contribution < 1.29 is 19.1 Å². The van der Waals surface area contributed by atoms with Crippen molar-refractivity contribution in [2.75, 3.05) is 32.7 Å². The number of ether oxygens (including phenoxy) is 1. The predicted octanol–water partition coefficient (Wildman–Crippen LogP) is 13.1. The van der Waals surface area contributed by atoms with E-state index in [1.165, 1.54) is 102 Å². The maximum absolute atomic E-state index is 13.9. The maximum Gasteiger partial charge on any atom is 0.410 e. The fourth-order valence-corrected chi connectivity index (χ4v) is 13.0. The lowest BCUT2D eigenvalue weighted by atomic mass is 9.47. The van der Waals surface area contributed by atoms with Gasteiger partial charge in [0.15, 0.2) is 0 Å². The lowest BCUT2D eigenvalue weighted by molar-refractivity contribution is -0.122. The highest BCUT2D eigenvalue weighted by molar-refractivity contribution is 5.82. The van der Waals surface area contributed by atoms with Crippen molar-refractivity contribution in [3.05, 3.63) is 11.6 Å². The van der Waals surface area contributed by atoms with Gasteiger partial charge in [0.05, 0.1) is 0 Å². The van der Waals surface area contributed by atoms with Gasteiger partial charge in [-0.25, -0.2) is 4.79 Å². The second kappa shape index (κ2) is 28.1. The van der Waals surface area contributed by atoms with E-state index in [0.717, 1.165) is 119 Å². The quantitative estimate of drug-likeness (QED) is 0.0474. The third-order valence-corrected chi connectivity index (χ3v) is 16.8. The minimum absolute atomic E-state index is 0.0327. The van der Waals surface area contributed by atoms with Crippen LogP contribution < -0.4 is 16.4 Å². The summed E-state index contributed by atoms with van der Waals surface area (Å²) in [5, 5.41) is 6.16. The van der Waals surface area contributed by atoms with Gasteiger partial charge in [0.25, 0.3) is 0 Å². The lowest BCUT2D eigenvalue weighted by Crippen LogP contribution is -2.51. The molecular weight excluding hydrogens is 769 g/mol. The first-order valence-corrected chi connectivity index (χ1v) is 26.8. The zero-order chi connectivity index (χ0) is 44.8. The van der Waals surface area contributed by atoms with Crippen molar-refractivity contribution in [3.63, 3.8) is 0 Å². The summed E-state index contributed by atoms with van der Waals surface area (Å²) in [5.41, 5.74) is 7.85. The summed E-state index contributed by atoms with van der Waals surface area (Å²) in [6.07, 6.45) is 35.4. The van der Waals surface area contributed by atoms with Gasteiger partial charge in [0, 0.05) is 32.5 Å². The number of nitrogens with zero attached hydrogens (tertiary/aromatic N) is 1. The van der Waals surface area contributed by atoms with E-state index in [-0.39, 0.29) is 36.0 Å². The van der Waals surface area contributed by atoms with Crippen LogP contribution in [-0.2, 0) is 14.3 Å². The number of nitrogens with one attached hydrogen (secondary N) is 2. The summed E-state index contributed by atoms with van der Waals surface area (Å²) in [6.45, 7) is 17.3. The first-order chi connectivity index (χ1) is 29.9. The van der Waals surface area contributed by atoms with E-state index >= 15 is 0 Å². The minimum Gasteiger partial charge on any atom is -0.446 e. The standard InChI is InChI=1S/C54H98N4O4/c1-7-8-9-10-11-12-13-14-19-27-50(59)56-37-22-17-18-23-39-58(41-51(60)57-38-21-16-15-20-36-55)52(61)62-45-32-34-53(5)44(40-45)28-29-46-48-31-30-47(43(4)26-24-25-42(2)3)54(48,6)35-33-49(46)53/h28,42-43,45-49H,7-27,29-41,55H2,1-6H3,(H,56,59)(H,57,60)/t43-,45+,46+,47-,48+,49+,53+,54-/m1/s1. The fraction of sp³-hybridized carbons (Fsp3) is 0.907. The molecule has 3 saturated carbocycles. The molecule has 4 rings (SSSR count). The highest BCUT2D eigenvalue weighted by atomic mass is 16.6. The monoisotopic (exact) mass is 867 g/mol. The molecule has 4 aliphatic rings. The van der Waals surface area contributed by atoms with Gasteiger partial charge in [0.2, 0.25) is 11.8 Å². The Kier molecular flexibility index (Phi) is 23.8. The van der Waals surface area contributed by atoms with E-state index in [0.29, 0.717) is 38.0 Å². The Hall–Kier alpha value is -2.09. The van der Waals surface area contributed by atoms with Crippen LogP contribution in [0, 0.1) is 46.3 Å². The van der Waals surface area contributed by atoms with Crippen LogP contribution in [0.15, 0.2) is 11.6 Å². The number of unbranched alkanes of at least 4 members (excludes halogenated alkanes) is 14. The first kappa shape index (κ1) is 52.5. The average Bonchev–Trinajstić information content (AvgIpc) is 3.60. The van der Waals surface area contributed by atoms with Crippen LogP contribution in [0.5, 0.6) is 0 Å². The number of hydrogen-bond donors (Lipinski definition) is 3. The molecule has 8 nitrogen and oxygen atoms in total. The second-order valence-electron chi connectivity index (χ2n) is 21.9. The summed E-state index contributed by atoms with van der Waals surface area (Å²) in [7, 11) is 0. The van der Waals surface area contributed by atoms with Gasteiger partial charge in [-0.15, -0.1) is 0 Å². The predicted molar refractivity (Wildman–Crippen MR) is 259 cm³/mol. The Morgan fingerprint density at radius 1 is 0.742 bits per heavy atom. The van der Waals surface area contributed by atoms with Gasteiger partial charge in [-0.05, 0) is 130 Å². The normalized spacial score (nSPS) is 27.2. The van der Waals surface area contributed by atoms with Crippen LogP contribution in [0.4, 0.5) is 4.79 Å². The molecule has 0 aromatic rings. The molecule has 4 N–H and O–H groups in total. The minimum atomic E-state index is -0.345. The number of carbonyl (C=O) groups excluding carboxylic acids is 3. The Morgan fingerprint density at radius 3 is 2.08 bits per heavy atom. The van der Waals surface area contributed by atoms with Crippen molar-refractivity contribution in [2.45, 2.75) is 234 Å². The highest BCUT2D eigenvalue weighted by Crippen LogP contribution is 2.67. The number of nitrogens with two attached hydrogens (primary N) is 1. The Labute approximate surface area is 381 Å². The molecule has 0 saturated heterocycles. The van der Waals surface area contributed by atoms with Crippen molar-refractivity contribution in [1.82, 2.24) is 15.5 Å². The highest BCUT2D eigenvalue weighted by Gasteiger charge is 2.59. The first-order valence-electron chi connectivity index (χ1n) is 26.8. The molecule has 8 heteroatoms. The SMILES string of the molecule is CCCCCCCCCCCC(=O)NCCCCCCN(CC(=O)NCCCCCCN)C(=O)O[C@H]1CC[C@@]2(C)C(=CC[C@H]3[C@@H]4CC[C@H]([C@H](C)CCCC(C)C)[C@@]4(C)CC[C@@H]32)C1. The van der Waals surface area contributed by atoms with Crippen LogP contribution in [0.1, 0.15) is 228 Å². The molecule has 0 bridgehead atoms. The topological polar surface area (TPSA) is 114 Å². The molecule has 0 aromatic heterocycles. The second-order valence-corrected chi connectivity index (χ2v) is 21.9. The van der Waals surface area contributed by atoms with Crippen LogP contribution >= 0.6 is 0 Å². The number of fused-ring (bicyclic) bond motifs is 5. The van der Waals surface area contributed by atoms with Gasteiger partial charge < -0.3 is 21.1 Å². The molecule has 3 fully saturated rings. The average molecular weight is 867 g/mol. The number of hydrogen-bond acceptors (Lipinski definition) is 5. The molecule has 0 heterocycles. The van der Waals surface area contributed by atoms with Gasteiger partial charge in [-0.3, -0.25) is 14.5 Å². The van der Waals surface area contributed by atoms with E-state index < -0.39 is 0 Å². The molecule has 0 aromatic carbocycles. The number of carbonyl (C=O) groups is 3. The van der Waals surface area contributed by atoms with E-state index in [4.69, 9.17) is 10.5 Å². The number of rotatable bonds is 31. The molecule has 358 valence electrons. The molecule has 4 aliphatic carbocycles.